The highest BCUT2D eigenvalue weighted by molar-refractivity contribution is 7.99. The Bertz CT molecular complexity index is 322. The van der Waals surface area contributed by atoms with Crippen molar-refractivity contribution in [2.75, 3.05) is 31.1 Å². The Morgan fingerprint density at radius 1 is 1.33 bits per heavy atom. The molecule has 5 heteroatoms. The van der Waals surface area contributed by atoms with E-state index in [4.69, 9.17) is 0 Å². The molecule has 2 rings (SSSR count). The molecule has 2 heterocycles. The maximum absolute atomic E-state index is 12.3. The second-order valence-corrected chi connectivity index (χ2v) is 6.30. The van der Waals surface area contributed by atoms with Crippen LogP contribution in [0, 0.1) is 0 Å². The Morgan fingerprint density at radius 3 is 2.94 bits per heavy atom. The number of piperazine rings is 1. The lowest BCUT2D eigenvalue weighted by Crippen LogP contribution is -2.61. The normalized spacial score (nSPS) is 24.4. The van der Waals surface area contributed by atoms with Crippen LogP contribution in [0.1, 0.15) is 32.6 Å². The summed E-state index contributed by atoms with van der Waals surface area (Å²) in [5, 5.41) is 0. The summed E-state index contributed by atoms with van der Waals surface area (Å²) in [4.78, 5) is 27.9. The highest BCUT2D eigenvalue weighted by atomic mass is 32.2. The Morgan fingerprint density at radius 2 is 2.17 bits per heavy atom. The van der Waals surface area contributed by atoms with Crippen molar-refractivity contribution in [3.63, 3.8) is 0 Å². The zero-order valence-electron chi connectivity index (χ0n) is 11.1. The molecule has 0 aromatic rings. The number of amides is 2. The molecule has 0 aromatic carbocycles. The second kappa shape index (κ2) is 6.45. The lowest BCUT2D eigenvalue weighted by molar-refractivity contribution is -0.157. The summed E-state index contributed by atoms with van der Waals surface area (Å²) >= 11 is 1.89. The predicted octanol–water partition coefficient (Wildman–Crippen LogP) is 1.35. The quantitative estimate of drug-likeness (QED) is 0.708. The Kier molecular flexibility index (Phi) is 4.92. The van der Waals surface area contributed by atoms with E-state index in [0.717, 1.165) is 50.3 Å². The average molecular weight is 270 g/mol. The Labute approximate surface area is 113 Å². The van der Waals surface area contributed by atoms with Crippen LogP contribution in [0.15, 0.2) is 0 Å². The van der Waals surface area contributed by atoms with Gasteiger partial charge in [0, 0.05) is 13.1 Å². The minimum atomic E-state index is -0.154. The van der Waals surface area contributed by atoms with Crippen molar-refractivity contribution in [2.45, 2.75) is 38.6 Å². The molecule has 0 aliphatic carbocycles. The van der Waals surface area contributed by atoms with Gasteiger partial charge in [0.05, 0.1) is 6.54 Å². The van der Waals surface area contributed by atoms with Crippen molar-refractivity contribution in [3.8, 4) is 0 Å². The molecule has 0 aromatic heterocycles. The summed E-state index contributed by atoms with van der Waals surface area (Å²) in [6, 6.07) is -0.154. The summed E-state index contributed by atoms with van der Waals surface area (Å²) in [6.07, 6.45) is 3.96. The zero-order valence-corrected chi connectivity index (χ0v) is 11.9. The van der Waals surface area contributed by atoms with Gasteiger partial charge in [-0.05, 0) is 37.2 Å². The van der Waals surface area contributed by atoms with Gasteiger partial charge in [-0.3, -0.25) is 9.59 Å². The Hall–Kier alpha value is -0.710. The molecule has 4 nitrogen and oxygen atoms in total. The standard InChI is InChI=1S/C13H22N2O2S/c1-2-18-9-5-7-14-10-12(16)15-8-4-3-6-11(15)13(14)17/h11H,2-10H2,1H3. The van der Waals surface area contributed by atoms with Crippen molar-refractivity contribution < 1.29 is 9.59 Å². The van der Waals surface area contributed by atoms with E-state index in [1.807, 2.05) is 11.8 Å². The molecule has 0 radical (unpaired) electrons. The number of nitrogens with zero attached hydrogens (tertiary/aromatic N) is 2. The Balaban J connectivity index is 1.88. The van der Waals surface area contributed by atoms with Gasteiger partial charge in [0.15, 0.2) is 0 Å². The molecule has 0 spiro atoms. The third-order valence-corrected chi connectivity index (χ3v) is 4.65. The van der Waals surface area contributed by atoms with Crippen molar-refractivity contribution in [1.82, 2.24) is 9.80 Å². The monoisotopic (exact) mass is 270 g/mol. The van der Waals surface area contributed by atoms with Crippen molar-refractivity contribution in [3.05, 3.63) is 0 Å². The van der Waals surface area contributed by atoms with E-state index in [2.05, 4.69) is 6.92 Å². The van der Waals surface area contributed by atoms with Crippen LogP contribution in [0.25, 0.3) is 0 Å². The molecular weight excluding hydrogens is 248 g/mol. The van der Waals surface area contributed by atoms with E-state index >= 15 is 0 Å². The van der Waals surface area contributed by atoms with E-state index in [-0.39, 0.29) is 17.9 Å². The van der Waals surface area contributed by atoms with Crippen LogP contribution in [-0.2, 0) is 9.59 Å². The lowest BCUT2D eigenvalue weighted by atomic mass is 9.98. The van der Waals surface area contributed by atoms with Gasteiger partial charge in [0.1, 0.15) is 6.04 Å². The van der Waals surface area contributed by atoms with E-state index in [1.54, 1.807) is 9.80 Å². The number of rotatable bonds is 5. The van der Waals surface area contributed by atoms with Gasteiger partial charge in [-0.15, -0.1) is 0 Å². The minimum absolute atomic E-state index is 0.141. The first kappa shape index (κ1) is 13.7. The first-order valence-corrected chi connectivity index (χ1v) is 8.05. The van der Waals surface area contributed by atoms with E-state index in [9.17, 15) is 9.59 Å². The van der Waals surface area contributed by atoms with Crippen LogP contribution in [0.5, 0.6) is 0 Å². The fourth-order valence-corrected chi connectivity index (χ4v) is 3.34. The fraction of sp³-hybridized carbons (Fsp3) is 0.846. The molecule has 2 amide bonds. The average Bonchev–Trinajstić information content (AvgIpc) is 2.40. The summed E-state index contributed by atoms with van der Waals surface area (Å²) in [6.45, 7) is 3.95. The summed E-state index contributed by atoms with van der Waals surface area (Å²) in [5.41, 5.74) is 0. The topological polar surface area (TPSA) is 40.6 Å². The summed E-state index contributed by atoms with van der Waals surface area (Å²) in [5.74, 6) is 2.50. The van der Waals surface area contributed by atoms with Crippen LogP contribution in [0.4, 0.5) is 0 Å². The number of carbonyl (C=O) groups excluding carboxylic acids is 2. The molecule has 0 N–H and O–H groups in total. The molecule has 2 saturated heterocycles. The number of piperidine rings is 1. The van der Waals surface area contributed by atoms with Gasteiger partial charge in [-0.25, -0.2) is 0 Å². The zero-order chi connectivity index (χ0) is 13.0. The second-order valence-electron chi connectivity index (χ2n) is 4.91. The summed E-state index contributed by atoms with van der Waals surface area (Å²) < 4.78 is 0. The molecule has 0 saturated carbocycles. The SMILES string of the molecule is CCSCCCN1CC(=O)N2CCCCC2C1=O. The van der Waals surface area contributed by atoms with Gasteiger partial charge in [-0.2, -0.15) is 11.8 Å². The minimum Gasteiger partial charge on any atom is -0.332 e. The van der Waals surface area contributed by atoms with Crippen LogP contribution >= 0.6 is 11.8 Å². The predicted molar refractivity (Wildman–Crippen MR) is 73.5 cm³/mol. The van der Waals surface area contributed by atoms with Crippen LogP contribution in [-0.4, -0.2) is 58.8 Å². The maximum atomic E-state index is 12.3. The number of fused-ring (bicyclic) bond motifs is 1. The third-order valence-electron chi connectivity index (χ3n) is 3.67. The smallest absolute Gasteiger partial charge is 0.245 e. The van der Waals surface area contributed by atoms with E-state index in [0.29, 0.717) is 6.54 Å². The molecule has 18 heavy (non-hydrogen) atoms. The maximum Gasteiger partial charge on any atom is 0.245 e. The number of carbonyl (C=O) groups is 2. The van der Waals surface area contributed by atoms with Gasteiger partial charge < -0.3 is 9.80 Å². The van der Waals surface area contributed by atoms with Crippen LogP contribution in [0.2, 0.25) is 0 Å². The highest BCUT2D eigenvalue weighted by Gasteiger charge is 2.39. The molecule has 2 aliphatic rings. The van der Waals surface area contributed by atoms with Gasteiger partial charge in [0.25, 0.3) is 0 Å². The first-order valence-electron chi connectivity index (χ1n) is 6.90. The molecule has 102 valence electrons. The van der Waals surface area contributed by atoms with Crippen molar-refractivity contribution >= 4 is 23.6 Å². The highest BCUT2D eigenvalue weighted by Crippen LogP contribution is 2.23. The molecular formula is C13H22N2O2S. The van der Waals surface area contributed by atoms with E-state index < -0.39 is 0 Å². The van der Waals surface area contributed by atoms with Crippen LogP contribution in [0.3, 0.4) is 0 Å². The van der Waals surface area contributed by atoms with Crippen molar-refractivity contribution in [1.29, 1.82) is 0 Å². The largest absolute Gasteiger partial charge is 0.332 e. The van der Waals surface area contributed by atoms with E-state index in [1.165, 1.54) is 0 Å². The fourth-order valence-electron chi connectivity index (χ4n) is 2.72. The van der Waals surface area contributed by atoms with Crippen molar-refractivity contribution in [2.24, 2.45) is 0 Å². The first-order chi connectivity index (χ1) is 8.74. The van der Waals surface area contributed by atoms with Gasteiger partial charge in [0.2, 0.25) is 11.8 Å². The molecule has 0 bridgehead atoms. The number of thioether (sulfide) groups is 1. The van der Waals surface area contributed by atoms with Gasteiger partial charge >= 0.3 is 0 Å². The molecule has 2 fully saturated rings. The number of hydrogen-bond donors (Lipinski definition) is 0. The summed E-state index contributed by atoms with van der Waals surface area (Å²) in [7, 11) is 0. The molecule has 1 atom stereocenters. The molecule has 2 aliphatic heterocycles. The number of hydrogen-bond acceptors (Lipinski definition) is 3. The third kappa shape index (κ3) is 2.99. The van der Waals surface area contributed by atoms with Gasteiger partial charge in [-0.1, -0.05) is 6.92 Å². The lowest BCUT2D eigenvalue weighted by Gasteiger charge is -2.42. The molecule has 1 unspecified atom stereocenters. The van der Waals surface area contributed by atoms with Crippen LogP contribution < -0.4 is 0 Å².